The van der Waals surface area contributed by atoms with Crippen LogP contribution in [-0.4, -0.2) is 21.9 Å². The first kappa shape index (κ1) is 16.3. The standard InChI is InChI=1S/C18H14F3N5/c19-18(20,21)14-4-1-3-12(7-14)13-8-16-17(22-9-13)23-11-26(16)10-15-5-2-6-24-25-15/h1-9H,10-11H2,(H,22,23). The maximum atomic E-state index is 13.0. The Labute approximate surface area is 147 Å². The van der Waals surface area contributed by atoms with E-state index in [0.717, 1.165) is 23.5 Å². The van der Waals surface area contributed by atoms with Crippen LogP contribution in [0, 0.1) is 0 Å². The molecule has 1 aliphatic heterocycles. The highest BCUT2D eigenvalue weighted by Crippen LogP contribution is 2.36. The van der Waals surface area contributed by atoms with Crippen molar-refractivity contribution in [3.63, 3.8) is 0 Å². The van der Waals surface area contributed by atoms with Gasteiger partial charge in [-0.25, -0.2) is 4.98 Å². The van der Waals surface area contributed by atoms with E-state index in [-0.39, 0.29) is 0 Å². The fourth-order valence-electron chi connectivity index (χ4n) is 2.87. The maximum absolute atomic E-state index is 13.0. The third-order valence-electron chi connectivity index (χ3n) is 4.15. The second-order valence-electron chi connectivity index (χ2n) is 5.92. The van der Waals surface area contributed by atoms with Gasteiger partial charge in [-0.2, -0.15) is 23.4 Å². The van der Waals surface area contributed by atoms with Crippen molar-refractivity contribution in [2.75, 3.05) is 16.9 Å². The molecule has 4 rings (SSSR count). The number of nitrogens with one attached hydrogen (secondary N) is 1. The molecule has 3 heterocycles. The molecule has 0 spiro atoms. The molecule has 0 aliphatic carbocycles. The second kappa shape index (κ2) is 6.29. The predicted molar refractivity (Wildman–Crippen MR) is 91.4 cm³/mol. The molecule has 132 valence electrons. The van der Waals surface area contributed by atoms with Crippen LogP contribution in [0.2, 0.25) is 0 Å². The zero-order chi connectivity index (χ0) is 18.1. The third kappa shape index (κ3) is 3.17. The fraction of sp³-hybridized carbons (Fsp3) is 0.167. The Hall–Kier alpha value is -3.16. The minimum Gasteiger partial charge on any atom is -0.351 e. The van der Waals surface area contributed by atoms with Gasteiger partial charge < -0.3 is 10.2 Å². The van der Waals surface area contributed by atoms with Crippen molar-refractivity contribution in [1.82, 2.24) is 15.2 Å². The summed E-state index contributed by atoms with van der Waals surface area (Å²) in [7, 11) is 0. The number of pyridine rings is 1. The molecule has 5 nitrogen and oxygen atoms in total. The van der Waals surface area contributed by atoms with E-state index in [9.17, 15) is 13.2 Å². The van der Waals surface area contributed by atoms with Crippen LogP contribution in [0.15, 0.2) is 54.9 Å². The van der Waals surface area contributed by atoms with Gasteiger partial charge in [-0.3, -0.25) is 0 Å². The van der Waals surface area contributed by atoms with Crippen molar-refractivity contribution in [2.24, 2.45) is 0 Å². The van der Waals surface area contributed by atoms with E-state index < -0.39 is 11.7 Å². The number of hydrogen-bond donors (Lipinski definition) is 1. The molecule has 0 saturated carbocycles. The highest BCUT2D eigenvalue weighted by Gasteiger charge is 2.30. The number of hydrogen-bond acceptors (Lipinski definition) is 5. The summed E-state index contributed by atoms with van der Waals surface area (Å²) in [6.07, 6.45) is -1.19. The minimum atomic E-state index is -4.38. The quantitative estimate of drug-likeness (QED) is 0.769. The van der Waals surface area contributed by atoms with Crippen molar-refractivity contribution in [2.45, 2.75) is 12.7 Å². The lowest BCUT2D eigenvalue weighted by Crippen LogP contribution is -2.22. The molecule has 0 bridgehead atoms. The number of benzene rings is 1. The largest absolute Gasteiger partial charge is 0.416 e. The molecule has 2 aromatic heterocycles. The Bertz CT molecular complexity index is 928. The summed E-state index contributed by atoms with van der Waals surface area (Å²) in [5.41, 5.74) is 2.05. The SMILES string of the molecule is FC(F)(F)c1cccc(-c2cnc3c(c2)N(Cc2cccnn2)CN3)c1. The van der Waals surface area contributed by atoms with Crippen LogP contribution in [0.25, 0.3) is 11.1 Å². The van der Waals surface area contributed by atoms with E-state index >= 15 is 0 Å². The van der Waals surface area contributed by atoms with Crippen LogP contribution in [0.4, 0.5) is 24.7 Å². The summed E-state index contributed by atoms with van der Waals surface area (Å²) in [5, 5.41) is 11.1. The fourth-order valence-corrected chi connectivity index (χ4v) is 2.87. The lowest BCUT2D eigenvalue weighted by Gasteiger charge is -2.17. The van der Waals surface area contributed by atoms with Crippen molar-refractivity contribution < 1.29 is 13.2 Å². The number of halogens is 3. The van der Waals surface area contributed by atoms with Gasteiger partial charge >= 0.3 is 6.18 Å². The van der Waals surface area contributed by atoms with Crippen LogP contribution in [0.3, 0.4) is 0 Å². The molecule has 0 saturated heterocycles. The summed E-state index contributed by atoms with van der Waals surface area (Å²) in [4.78, 5) is 6.37. The molecule has 1 N–H and O–H groups in total. The van der Waals surface area contributed by atoms with Gasteiger partial charge in [-0.1, -0.05) is 12.1 Å². The van der Waals surface area contributed by atoms with Gasteiger partial charge in [-0.15, -0.1) is 0 Å². The molecule has 26 heavy (non-hydrogen) atoms. The van der Waals surface area contributed by atoms with E-state index in [2.05, 4.69) is 20.5 Å². The summed E-state index contributed by atoms with van der Waals surface area (Å²) in [5.74, 6) is 0.699. The normalized spacial score (nSPS) is 13.4. The molecule has 8 heteroatoms. The van der Waals surface area contributed by atoms with Crippen LogP contribution in [-0.2, 0) is 12.7 Å². The van der Waals surface area contributed by atoms with Crippen LogP contribution >= 0.6 is 0 Å². The third-order valence-corrected chi connectivity index (χ3v) is 4.15. The van der Waals surface area contributed by atoms with Gasteiger partial charge in [0.1, 0.15) is 0 Å². The first-order valence-electron chi connectivity index (χ1n) is 7.94. The monoisotopic (exact) mass is 357 g/mol. The molecular weight excluding hydrogens is 343 g/mol. The topological polar surface area (TPSA) is 53.9 Å². The van der Waals surface area contributed by atoms with E-state index in [1.54, 1.807) is 18.5 Å². The first-order chi connectivity index (χ1) is 12.5. The molecule has 0 unspecified atom stereocenters. The number of anilines is 2. The van der Waals surface area contributed by atoms with Gasteiger partial charge in [-0.05, 0) is 35.9 Å². The number of rotatable bonds is 3. The number of fused-ring (bicyclic) bond motifs is 1. The summed E-state index contributed by atoms with van der Waals surface area (Å²) < 4.78 is 38.9. The molecule has 0 amide bonds. The number of nitrogens with zero attached hydrogens (tertiary/aromatic N) is 4. The summed E-state index contributed by atoms with van der Waals surface area (Å²) in [6, 6.07) is 10.8. The average molecular weight is 357 g/mol. The molecule has 0 atom stereocenters. The van der Waals surface area contributed by atoms with Crippen LogP contribution in [0.5, 0.6) is 0 Å². The Morgan fingerprint density at radius 3 is 2.73 bits per heavy atom. The van der Waals surface area contributed by atoms with E-state index in [0.29, 0.717) is 30.2 Å². The second-order valence-corrected chi connectivity index (χ2v) is 5.92. The zero-order valence-electron chi connectivity index (χ0n) is 13.5. The Morgan fingerprint density at radius 2 is 1.96 bits per heavy atom. The van der Waals surface area contributed by atoms with Gasteiger partial charge in [0.25, 0.3) is 0 Å². The highest BCUT2D eigenvalue weighted by molar-refractivity contribution is 5.77. The Morgan fingerprint density at radius 1 is 1.08 bits per heavy atom. The minimum absolute atomic E-state index is 0.474. The lowest BCUT2D eigenvalue weighted by atomic mass is 10.0. The molecular formula is C18H14F3N5. The molecule has 1 aromatic carbocycles. The van der Waals surface area contributed by atoms with Crippen molar-refractivity contribution in [3.05, 3.63) is 66.1 Å². The average Bonchev–Trinajstić information content (AvgIpc) is 3.04. The van der Waals surface area contributed by atoms with Gasteiger partial charge in [0.2, 0.25) is 0 Å². The molecule has 0 fully saturated rings. The van der Waals surface area contributed by atoms with Crippen molar-refractivity contribution >= 4 is 11.5 Å². The van der Waals surface area contributed by atoms with Crippen molar-refractivity contribution in [3.8, 4) is 11.1 Å². The van der Waals surface area contributed by atoms with Gasteiger partial charge in [0, 0.05) is 18.0 Å². The van der Waals surface area contributed by atoms with E-state index in [1.807, 2.05) is 23.1 Å². The summed E-state index contributed by atoms with van der Waals surface area (Å²) >= 11 is 0. The maximum Gasteiger partial charge on any atom is 0.416 e. The molecule has 0 radical (unpaired) electrons. The smallest absolute Gasteiger partial charge is 0.351 e. The van der Waals surface area contributed by atoms with E-state index in [4.69, 9.17) is 0 Å². The first-order valence-corrected chi connectivity index (χ1v) is 7.94. The van der Waals surface area contributed by atoms with Crippen LogP contribution in [0.1, 0.15) is 11.3 Å². The van der Waals surface area contributed by atoms with Crippen LogP contribution < -0.4 is 10.2 Å². The van der Waals surface area contributed by atoms with Crippen molar-refractivity contribution in [1.29, 1.82) is 0 Å². The number of alkyl halides is 3. The predicted octanol–water partition coefficient (Wildman–Crippen LogP) is 3.95. The summed E-state index contributed by atoms with van der Waals surface area (Å²) in [6.45, 7) is 1.08. The Kier molecular flexibility index (Phi) is 3.95. The Balaban J connectivity index is 1.66. The van der Waals surface area contributed by atoms with E-state index in [1.165, 1.54) is 6.07 Å². The highest BCUT2D eigenvalue weighted by atomic mass is 19.4. The molecule has 3 aromatic rings. The number of aromatic nitrogens is 3. The zero-order valence-corrected chi connectivity index (χ0v) is 13.5. The van der Waals surface area contributed by atoms with Gasteiger partial charge in [0.15, 0.2) is 5.82 Å². The van der Waals surface area contributed by atoms with Gasteiger partial charge in [0.05, 0.1) is 30.2 Å². The lowest BCUT2D eigenvalue weighted by molar-refractivity contribution is -0.137. The molecule has 1 aliphatic rings.